The normalized spacial score (nSPS) is 30.8. The maximum absolute atomic E-state index is 5.58. The Morgan fingerprint density at radius 2 is 1.58 bits per heavy atom. The van der Waals surface area contributed by atoms with Gasteiger partial charge < -0.3 is 4.74 Å². The van der Waals surface area contributed by atoms with E-state index >= 15 is 0 Å². The van der Waals surface area contributed by atoms with Gasteiger partial charge in [0.2, 0.25) is 0 Å². The second-order valence-corrected chi connectivity index (χ2v) is 3.11. The summed E-state index contributed by atoms with van der Waals surface area (Å²) in [6, 6.07) is 0. The molecule has 2 nitrogen and oxygen atoms in total. The molecule has 1 aliphatic rings. The molecule has 12 heavy (non-hydrogen) atoms. The number of likely N-dealkylation sites (N-methyl/N-ethyl adjacent to an activating group) is 1. The van der Waals surface area contributed by atoms with E-state index in [1.165, 1.54) is 0 Å². The highest BCUT2D eigenvalue weighted by Gasteiger charge is 2.20. The van der Waals surface area contributed by atoms with Crippen molar-refractivity contribution in [2.45, 2.75) is 46.8 Å². The Bertz CT molecular complexity index is 96.0. The van der Waals surface area contributed by atoms with Gasteiger partial charge >= 0.3 is 0 Å². The van der Waals surface area contributed by atoms with Gasteiger partial charge in [0.05, 0.1) is 12.2 Å². The third-order valence-corrected chi connectivity index (χ3v) is 1.94. The van der Waals surface area contributed by atoms with Crippen molar-refractivity contribution in [3.8, 4) is 0 Å². The van der Waals surface area contributed by atoms with E-state index in [0.717, 1.165) is 19.6 Å². The van der Waals surface area contributed by atoms with Crippen LogP contribution in [0.15, 0.2) is 0 Å². The summed E-state index contributed by atoms with van der Waals surface area (Å²) in [5.74, 6) is 0. The van der Waals surface area contributed by atoms with Gasteiger partial charge in [0.1, 0.15) is 0 Å². The molecule has 0 aromatic heterocycles. The first-order valence-corrected chi connectivity index (χ1v) is 5.10. The quantitative estimate of drug-likeness (QED) is 0.602. The predicted octanol–water partition coefficient (Wildman–Crippen LogP) is 2.14. The summed E-state index contributed by atoms with van der Waals surface area (Å²) >= 11 is 0. The molecular weight excluding hydrogens is 150 g/mol. The van der Waals surface area contributed by atoms with Crippen molar-refractivity contribution in [2.75, 3.05) is 19.6 Å². The van der Waals surface area contributed by atoms with Gasteiger partial charge in [-0.25, -0.2) is 0 Å². The molecule has 1 aliphatic heterocycles. The molecule has 74 valence electrons. The van der Waals surface area contributed by atoms with Crippen LogP contribution in [0.2, 0.25) is 0 Å². The molecule has 0 radical (unpaired) electrons. The fourth-order valence-corrected chi connectivity index (χ4v) is 1.54. The number of morpholine rings is 1. The minimum absolute atomic E-state index is 0.420. The first-order chi connectivity index (χ1) is 5.72. The number of ether oxygens (including phenoxy) is 1. The van der Waals surface area contributed by atoms with Crippen molar-refractivity contribution in [1.82, 2.24) is 4.90 Å². The monoisotopic (exact) mass is 173 g/mol. The second kappa shape index (κ2) is 6.44. The molecule has 0 saturated carbocycles. The van der Waals surface area contributed by atoms with E-state index in [1.54, 1.807) is 0 Å². The van der Waals surface area contributed by atoms with Crippen molar-refractivity contribution in [1.29, 1.82) is 0 Å². The summed E-state index contributed by atoms with van der Waals surface area (Å²) in [6.07, 6.45) is 0.840. The second-order valence-electron chi connectivity index (χ2n) is 3.11. The van der Waals surface area contributed by atoms with E-state index in [9.17, 15) is 0 Å². The van der Waals surface area contributed by atoms with Crippen LogP contribution in [0.1, 0.15) is 34.6 Å². The third-order valence-electron chi connectivity index (χ3n) is 1.94. The molecule has 0 aromatic carbocycles. The Balaban J connectivity index is 0.000000561. The minimum Gasteiger partial charge on any atom is -0.373 e. The molecule has 1 fully saturated rings. The van der Waals surface area contributed by atoms with Crippen molar-refractivity contribution in [3.05, 3.63) is 0 Å². The number of hydrogen-bond donors (Lipinski definition) is 0. The van der Waals surface area contributed by atoms with E-state index in [4.69, 9.17) is 4.74 Å². The van der Waals surface area contributed by atoms with Gasteiger partial charge in [-0.05, 0) is 20.4 Å². The molecule has 0 aromatic rings. The molecule has 0 amide bonds. The Labute approximate surface area is 76.9 Å². The summed E-state index contributed by atoms with van der Waals surface area (Å²) in [7, 11) is 0. The summed E-state index contributed by atoms with van der Waals surface area (Å²) in [6.45, 7) is 13.8. The lowest BCUT2D eigenvalue weighted by molar-refractivity contribution is -0.0664. The van der Waals surface area contributed by atoms with E-state index in [2.05, 4.69) is 25.7 Å². The largest absolute Gasteiger partial charge is 0.373 e. The first-order valence-electron chi connectivity index (χ1n) is 5.10. The highest BCUT2D eigenvalue weighted by molar-refractivity contribution is 4.71. The van der Waals surface area contributed by atoms with E-state index in [-0.39, 0.29) is 0 Å². The van der Waals surface area contributed by atoms with Crippen LogP contribution < -0.4 is 0 Å². The molecule has 1 heterocycles. The summed E-state index contributed by atoms with van der Waals surface area (Å²) in [5, 5.41) is 0. The van der Waals surface area contributed by atoms with Crippen LogP contribution in [0.4, 0.5) is 0 Å². The van der Waals surface area contributed by atoms with Crippen molar-refractivity contribution in [2.24, 2.45) is 0 Å². The van der Waals surface area contributed by atoms with Gasteiger partial charge in [-0.2, -0.15) is 0 Å². The van der Waals surface area contributed by atoms with E-state index < -0.39 is 0 Å². The van der Waals surface area contributed by atoms with Crippen LogP contribution >= 0.6 is 0 Å². The maximum Gasteiger partial charge on any atom is 0.0678 e. The predicted molar refractivity (Wildman–Crippen MR) is 53.5 cm³/mol. The molecule has 0 spiro atoms. The third kappa shape index (κ3) is 4.07. The van der Waals surface area contributed by atoms with E-state index in [0.29, 0.717) is 12.2 Å². The van der Waals surface area contributed by atoms with Crippen LogP contribution in [-0.2, 0) is 4.74 Å². The molecular formula is C10H23NO. The highest BCUT2D eigenvalue weighted by atomic mass is 16.5. The fraction of sp³-hybridized carbons (Fsp3) is 1.00. The van der Waals surface area contributed by atoms with Gasteiger partial charge in [0.25, 0.3) is 0 Å². The standard InChI is InChI=1S/C8H17NO.C2H6/c1-4-9-5-7(2)10-8(3)6-9;1-2/h7-8H,4-6H2,1-3H3;1-2H3/t7-,8-;/m1./s1. The molecule has 0 N–H and O–H groups in total. The van der Waals surface area contributed by atoms with Crippen LogP contribution in [0.3, 0.4) is 0 Å². The first kappa shape index (κ1) is 11.9. The molecule has 1 rings (SSSR count). The molecule has 1 saturated heterocycles. The average molecular weight is 173 g/mol. The van der Waals surface area contributed by atoms with Gasteiger partial charge in [-0.15, -0.1) is 0 Å². The smallest absolute Gasteiger partial charge is 0.0678 e. The molecule has 0 bridgehead atoms. The Hall–Kier alpha value is -0.0800. The molecule has 2 heteroatoms. The SMILES string of the molecule is CC.CCN1C[C@@H](C)O[C@H](C)C1. The zero-order valence-electron chi connectivity index (χ0n) is 9.13. The minimum atomic E-state index is 0.420. The zero-order valence-corrected chi connectivity index (χ0v) is 9.13. The Morgan fingerprint density at radius 3 is 1.92 bits per heavy atom. The van der Waals surface area contributed by atoms with Crippen LogP contribution in [0, 0.1) is 0 Å². The van der Waals surface area contributed by atoms with Gasteiger partial charge in [-0.1, -0.05) is 20.8 Å². The summed E-state index contributed by atoms with van der Waals surface area (Å²) in [4.78, 5) is 2.43. The highest BCUT2D eigenvalue weighted by Crippen LogP contribution is 2.09. The average Bonchev–Trinajstić information content (AvgIpc) is 2.06. The van der Waals surface area contributed by atoms with Crippen molar-refractivity contribution >= 4 is 0 Å². The van der Waals surface area contributed by atoms with Gasteiger partial charge in [-0.3, -0.25) is 4.90 Å². The molecule has 2 atom stereocenters. The molecule has 0 unspecified atom stereocenters. The summed E-state index contributed by atoms with van der Waals surface area (Å²) < 4.78 is 5.58. The number of nitrogens with zero attached hydrogens (tertiary/aromatic N) is 1. The van der Waals surface area contributed by atoms with Crippen LogP contribution in [0.5, 0.6) is 0 Å². The van der Waals surface area contributed by atoms with Gasteiger partial charge in [0.15, 0.2) is 0 Å². The van der Waals surface area contributed by atoms with E-state index in [1.807, 2.05) is 13.8 Å². The number of rotatable bonds is 1. The van der Waals surface area contributed by atoms with Crippen LogP contribution in [0.25, 0.3) is 0 Å². The Morgan fingerprint density at radius 1 is 1.17 bits per heavy atom. The number of hydrogen-bond acceptors (Lipinski definition) is 2. The molecule has 0 aliphatic carbocycles. The van der Waals surface area contributed by atoms with Crippen molar-refractivity contribution in [3.63, 3.8) is 0 Å². The fourth-order valence-electron chi connectivity index (χ4n) is 1.54. The van der Waals surface area contributed by atoms with Crippen molar-refractivity contribution < 1.29 is 4.74 Å². The Kier molecular flexibility index (Phi) is 6.39. The summed E-state index contributed by atoms with van der Waals surface area (Å²) in [5.41, 5.74) is 0. The lowest BCUT2D eigenvalue weighted by atomic mass is 10.2. The lowest BCUT2D eigenvalue weighted by Gasteiger charge is -2.34. The van der Waals surface area contributed by atoms with Crippen LogP contribution in [-0.4, -0.2) is 36.7 Å². The lowest BCUT2D eigenvalue weighted by Crippen LogP contribution is -2.45. The maximum atomic E-state index is 5.58. The van der Waals surface area contributed by atoms with Gasteiger partial charge in [0, 0.05) is 13.1 Å². The topological polar surface area (TPSA) is 12.5 Å². The zero-order chi connectivity index (χ0) is 9.56.